The summed E-state index contributed by atoms with van der Waals surface area (Å²) in [5.74, 6) is 0.439. The molecule has 0 spiro atoms. The van der Waals surface area contributed by atoms with E-state index in [1.165, 1.54) is 0 Å². The molecule has 0 aliphatic heterocycles. The zero-order chi connectivity index (χ0) is 14.6. The molecule has 2 rings (SSSR count). The van der Waals surface area contributed by atoms with E-state index in [0.717, 1.165) is 55.8 Å². The van der Waals surface area contributed by atoms with Crippen molar-refractivity contribution in [3.8, 4) is 6.07 Å². The van der Waals surface area contributed by atoms with Crippen molar-refractivity contribution >= 4 is 17.4 Å². The van der Waals surface area contributed by atoms with Crippen LogP contribution >= 0.6 is 11.5 Å². The molecule has 0 aromatic carbocycles. The third kappa shape index (κ3) is 3.15. The summed E-state index contributed by atoms with van der Waals surface area (Å²) in [5, 5.41) is 16.4. The Labute approximate surface area is 123 Å². The van der Waals surface area contributed by atoms with Crippen LogP contribution in [0.15, 0.2) is 0 Å². The van der Waals surface area contributed by atoms with Crippen molar-refractivity contribution in [1.82, 2.24) is 14.9 Å². The highest BCUT2D eigenvalue weighted by atomic mass is 32.1. The highest BCUT2D eigenvalue weighted by molar-refractivity contribution is 7.08. The Morgan fingerprint density at radius 1 is 1.55 bits per heavy atom. The molecular formula is C14H20N4OS. The third-order valence-corrected chi connectivity index (χ3v) is 4.71. The zero-order valence-electron chi connectivity index (χ0n) is 12.0. The van der Waals surface area contributed by atoms with Crippen molar-refractivity contribution in [3.63, 3.8) is 0 Å². The predicted octanol–water partition coefficient (Wildman–Crippen LogP) is 2.69. The first-order valence-corrected chi connectivity index (χ1v) is 7.92. The van der Waals surface area contributed by atoms with E-state index in [1.807, 2.05) is 6.92 Å². The molecule has 0 saturated heterocycles. The number of aryl methyl sites for hydroxylation is 1. The molecule has 1 aromatic heterocycles. The summed E-state index contributed by atoms with van der Waals surface area (Å²) in [7, 11) is 0. The highest BCUT2D eigenvalue weighted by Gasteiger charge is 2.36. The number of carbonyl (C=O) groups is 1. The second kappa shape index (κ2) is 6.31. The van der Waals surface area contributed by atoms with Crippen LogP contribution in [0.3, 0.4) is 0 Å². The van der Waals surface area contributed by atoms with Gasteiger partial charge in [-0.2, -0.15) is 5.26 Å². The Hall–Kier alpha value is -1.48. The fourth-order valence-corrected chi connectivity index (χ4v) is 3.18. The maximum Gasteiger partial charge on any atom is 0.266 e. The van der Waals surface area contributed by atoms with Gasteiger partial charge in [0.15, 0.2) is 0 Å². The van der Waals surface area contributed by atoms with E-state index in [2.05, 4.69) is 27.9 Å². The lowest BCUT2D eigenvalue weighted by Crippen LogP contribution is -2.49. The van der Waals surface area contributed by atoms with Crippen molar-refractivity contribution in [2.75, 3.05) is 0 Å². The van der Waals surface area contributed by atoms with Gasteiger partial charge in [0.25, 0.3) is 5.91 Å². The summed E-state index contributed by atoms with van der Waals surface area (Å²) in [6, 6.07) is 2.31. The van der Waals surface area contributed by atoms with E-state index in [0.29, 0.717) is 10.8 Å². The van der Waals surface area contributed by atoms with Crippen LogP contribution in [0.2, 0.25) is 0 Å². The molecule has 1 fully saturated rings. The number of hydrogen-bond donors (Lipinski definition) is 1. The minimum Gasteiger partial charge on any atom is -0.333 e. The predicted molar refractivity (Wildman–Crippen MR) is 77.3 cm³/mol. The Balaban J connectivity index is 2.10. The summed E-state index contributed by atoms with van der Waals surface area (Å²) < 4.78 is 3.86. The number of aromatic nitrogens is 2. The molecule has 1 amide bonds. The molecule has 0 radical (unpaired) electrons. The molecule has 108 valence electrons. The molecule has 1 heterocycles. The smallest absolute Gasteiger partial charge is 0.266 e. The van der Waals surface area contributed by atoms with Crippen LogP contribution in [-0.2, 0) is 6.42 Å². The van der Waals surface area contributed by atoms with E-state index in [1.54, 1.807) is 0 Å². The topological polar surface area (TPSA) is 78.7 Å². The number of hydrogen-bond acceptors (Lipinski definition) is 5. The van der Waals surface area contributed by atoms with Gasteiger partial charge in [-0.15, -0.1) is 5.10 Å². The van der Waals surface area contributed by atoms with E-state index < -0.39 is 5.54 Å². The summed E-state index contributed by atoms with van der Waals surface area (Å²) >= 11 is 1.11. The maximum atomic E-state index is 12.4. The molecule has 1 aromatic rings. The lowest BCUT2D eigenvalue weighted by Gasteiger charge is -2.34. The van der Waals surface area contributed by atoms with Gasteiger partial charge >= 0.3 is 0 Å². The lowest BCUT2D eigenvalue weighted by molar-refractivity contribution is 0.0897. The van der Waals surface area contributed by atoms with E-state index in [9.17, 15) is 10.1 Å². The van der Waals surface area contributed by atoms with Gasteiger partial charge in [-0.05, 0) is 49.6 Å². The molecule has 1 aliphatic rings. The highest BCUT2D eigenvalue weighted by Crippen LogP contribution is 2.32. The Kier molecular flexibility index (Phi) is 4.71. The number of nitrogens with one attached hydrogen (secondary N) is 1. The molecule has 0 atom stereocenters. The first-order valence-electron chi connectivity index (χ1n) is 7.15. The van der Waals surface area contributed by atoms with Gasteiger partial charge in [0.1, 0.15) is 10.4 Å². The number of rotatable bonds is 4. The molecule has 0 unspecified atom stereocenters. The normalized spacial score (nSPS) is 25.9. The molecule has 20 heavy (non-hydrogen) atoms. The number of nitrogens with zero attached hydrogens (tertiary/aromatic N) is 3. The van der Waals surface area contributed by atoms with Gasteiger partial charge in [0, 0.05) is 0 Å². The monoisotopic (exact) mass is 292 g/mol. The Bertz CT molecular complexity index is 511. The average molecular weight is 292 g/mol. The molecule has 1 saturated carbocycles. The van der Waals surface area contributed by atoms with Crippen molar-refractivity contribution < 1.29 is 4.79 Å². The zero-order valence-corrected chi connectivity index (χ0v) is 12.8. The van der Waals surface area contributed by atoms with Gasteiger partial charge in [-0.3, -0.25) is 4.79 Å². The fourth-order valence-electron chi connectivity index (χ4n) is 2.58. The molecule has 6 heteroatoms. The van der Waals surface area contributed by atoms with E-state index in [-0.39, 0.29) is 5.91 Å². The molecule has 5 nitrogen and oxygen atoms in total. The maximum absolute atomic E-state index is 12.4. The van der Waals surface area contributed by atoms with Crippen molar-refractivity contribution in [1.29, 1.82) is 5.26 Å². The van der Waals surface area contributed by atoms with Crippen molar-refractivity contribution in [2.24, 2.45) is 5.92 Å². The minimum absolute atomic E-state index is 0.195. The Morgan fingerprint density at radius 2 is 2.25 bits per heavy atom. The Morgan fingerprint density at radius 3 is 2.85 bits per heavy atom. The minimum atomic E-state index is -0.711. The quantitative estimate of drug-likeness (QED) is 0.925. The summed E-state index contributed by atoms with van der Waals surface area (Å²) in [4.78, 5) is 12.9. The fraction of sp³-hybridized carbons (Fsp3) is 0.714. The van der Waals surface area contributed by atoms with Crippen LogP contribution in [0, 0.1) is 17.2 Å². The van der Waals surface area contributed by atoms with Crippen LogP contribution in [0.5, 0.6) is 0 Å². The van der Waals surface area contributed by atoms with Gasteiger partial charge in [0.2, 0.25) is 0 Å². The lowest BCUT2D eigenvalue weighted by atomic mass is 9.78. The first kappa shape index (κ1) is 14.9. The van der Waals surface area contributed by atoms with Gasteiger partial charge in [-0.25, -0.2) is 0 Å². The van der Waals surface area contributed by atoms with Crippen LogP contribution in [0.1, 0.15) is 61.3 Å². The number of nitriles is 1. The van der Waals surface area contributed by atoms with Crippen molar-refractivity contribution in [3.05, 3.63) is 10.6 Å². The summed E-state index contributed by atoms with van der Waals surface area (Å²) in [6.45, 7) is 4.23. The van der Waals surface area contributed by atoms with E-state index in [4.69, 9.17) is 0 Å². The molecule has 1 N–H and O–H groups in total. The van der Waals surface area contributed by atoms with Crippen LogP contribution in [0.4, 0.5) is 0 Å². The molecule has 1 aliphatic carbocycles. The van der Waals surface area contributed by atoms with E-state index >= 15 is 0 Å². The third-order valence-electron chi connectivity index (χ3n) is 3.94. The van der Waals surface area contributed by atoms with Gasteiger partial charge < -0.3 is 5.32 Å². The molecule has 0 bridgehead atoms. The number of amides is 1. The summed E-state index contributed by atoms with van der Waals surface area (Å²) in [6.07, 6.45) is 5.09. The van der Waals surface area contributed by atoms with Crippen LogP contribution in [-0.4, -0.2) is 21.0 Å². The number of carbonyl (C=O) groups excluding carboxylic acids is 1. The van der Waals surface area contributed by atoms with Crippen LogP contribution < -0.4 is 5.32 Å². The first-order chi connectivity index (χ1) is 9.60. The van der Waals surface area contributed by atoms with Gasteiger partial charge in [-0.1, -0.05) is 24.8 Å². The standard InChI is InChI=1S/C14H20N4OS/c1-3-4-11-12(20-18-17-11)13(19)16-14(9-15)7-5-10(2)6-8-14/h10H,3-8H2,1-2H3,(H,16,19). The molecular weight excluding hydrogens is 272 g/mol. The second-order valence-electron chi connectivity index (χ2n) is 5.63. The summed E-state index contributed by atoms with van der Waals surface area (Å²) in [5.41, 5.74) is 0.0316. The van der Waals surface area contributed by atoms with Crippen LogP contribution in [0.25, 0.3) is 0 Å². The SMILES string of the molecule is CCCc1nnsc1C(=O)NC1(C#N)CCC(C)CC1. The second-order valence-corrected chi connectivity index (χ2v) is 6.38. The largest absolute Gasteiger partial charge is 0.333 e. The average Bonchev–Trinajstić information content (AvgIpc) is 2.90. The van der Waals surface area contributed by atoms with Crippen molar-refractivity contribution in [2.45, 2.75) is 57.9 Å². The van der Waals surface area contributed by atoms with Gasteiger partial charge in [0.05, 0.1) is 11.8 Å².